The van der Waals surface area contributed by atoms with E-state index in [-0.39, 0.29) is 36.4 Å². The predicted molar refractivity (Wildman–Crippen MR) is 132 cm³/mol. The van der Waals surface area contributed by atoms with Crippen LogP contribution in [-0.4, -0.2) is 43.4 Å². The van der Waals surface area contributed by atoms with Crippen LogP contribution in [0.2, 0.25) is 0 Å². The first-order valence-electron chi connectivity index (χ1n) is 10.6. The Morgan fingerprint density at radius 2 is 1.83 bits per heavy atom. The second-order valence-electron chi connectivity index (χ2n) is 7.28. The van der Waals surface area contributed by atoms with Crippen LogP contribution in [0.25, 0.3) is 10.2 Å². The van der Waals surface area contributed by atoms with Crippen molar-refractivity contribution in [3.63, 3.8) is 0 Å². The van der Waals surface area contributed by atoms with Crippen molar-refractivity contribution in [2.75, 3.05) is 20.2 Å². The summed E-state index contributed by atoms with van der Waals surface area (Å²) in [4.78, 5) is 17.6. The zero-order chi connectivity index (χ0) is 25.4. The highest BCUT2D eigenvalue weighted by Gasteiger charge is 2.24. The lowest BCUT2D eigenvalue weighted by atomic mass is 10.2. The molecule has 0 fully saturated rings. The molecule has 0 spiro atoms. The Labute approximate surface area is 207 Å². The first-order valence-corrected chi connectivity index (χ1v) is 12.8. The van der Waals surface area contributed by atoms with Crippen LogP contribution in [0.4, 0.5) is 0 Å². The van der Waals surface area contributed by atoms with Gasteiger partial charge in [0, 0.05) is 38.0 Å². The molecule has 1 amide bonds. The number of carbonyl (C=O) groups excluding carboxylic acids is 1. The smallest absolute Gasteiger partial charge is 0.279 e. The summed E-state index contributed by atoms with van der Waals surface area (Å²) in [5.74, 6) is 0.175. The Kier molecular flexibility index (Phi) is 8.55. The van der Waals surface area contributed by atoms with Gasteiger partial charge in [0.25, 0.3) is 5.91 Å². The van der Waals surface area contributed by atoms with Crippen LogP contribution in [0.3, 0.4) is 0 Å². The van der Waals surface area contributed by atoms with Crippen molar-refractivity contribution >= 4 is 37.5 Å². The van der Waals surface area contributed by atoms with E-state index < -0.39 is 15.9 Å². The monoisotopic (exact) mass is 509 g/mol. The van der Waals surface area contributed by atoms with E-state index in [1.807, 2.05) is 34.9 Å². The summed E-state index contributed by atoms with van der Waals surface area (Å²) in [7, 11) is -2.34. The predicted octanol–water partition coefficient (Wildman–Crippen LogP) is 3.46. The molecule has 180 valence electrons. The van der Waals surface area contributed by atoms with E-state index in [0.717, 1.165) is 14.5 Å². The molecule has 3 rings (SSSR count). The van der Waals surface area contributed by atoms with Gasteiger partial charge >= 0.3 is 0 Å². The molecule has 0 atom stereocenters. The number of rotatable bonds is 10. The Balaban J connectivity index is 1.94. The molecule has 1 aromatic heterocycles. The summed E-state index contributed by atoms with van der Waals surface area (Å²) < 4.78 is 35.1. The maximum absolute atomic E-state index is 13.0. The number of ether oxygens (including phenoxy) is 1. The summed E-state index contributed by atoms with van der Waals surface area (Å²) in [5.41, 5.74) is 1.11. The fourth-order valence-corrected chi connectivity index (χ4v) is 5.85. The molecule has 0 radical (unpaired) electrons. The van der Waals surface area contributed by atoms with Gasteiger partial charge in [0.1, 0.15) is 5.75 Å². The quantitative estimate of drug-likeness (QED) is 0.385. The van der Waals surface area contributed by atoms with Gasteiger partial charge in [-0.15, -0.1) is 6.58 Å². The number of sulfonamides is 1. The Hall–Kier alpha value is -3.77. The second kappa shape index (κ2) is 11.6. The summed E-state index contributed by atoms with van der Waals surface area (Å²) in [6.45, 7) is 4.20. The van der Waals surface area contributed by atoms with Gasteiger partial charge in [-0.25, -0.2) is 8.42 Å². The fraction of sp³-hybridized carbons (Fsp3) is 0.250. The molecule has 35 heavy (non-hydrogen) atoms. The second-order valence-corrected chi connectivity index (χ2v) is 10.2. The average molecular weight is 510 g/mol. The Morgan fingerprint density at radius 1 is 1.17 bits per heavy atom. The van der Waals surface area contributed by atoms with E-state index >= 15 is 0 Å². The number of methoxy groups -OCH3 is 1. The number of carbonyl (C=O) groups is 1. The minimum Gasteiger partial charge on any atom is -0.497 e. The van der Waals surface area contributed by atoms with Crippen molar-refractivity contribution in [1.29, 1.82) is 10.5 Å². The topological polar surface area (TPSA) is 129 Å². The van der Waals surface area contributed by atoms with Gasteiger partial charge in [-0.05, 0) is 42.5 Å². The molecule has 0 aliphatic heterocycles. The van der Waals surface area contributed by atoms with Crippen molar-refractivity contribution in [1.82, 2.24) is 8.87 Å². The fourth-order valence-electron chi connectivity index (χ4n) is 3.34. The SMILES string of the molecule is C=CCn1c(=NC(=O)c2ccc(S(=O)(=O)N(CCC#N)CCC#N)cc2)sc2cc(OC)ccc21. The molecular formula is C24H23N5O4S2. The molecule has 0 unspecified atom stereocenters. The van der Waals surface area contributed by atoms with Crippen LogP contribution in [0.15, 0.2) is 65.0 Å². The largest absolute Gasteiger partial charge is 0.497 e. The number of thiazole rings is 1. The Bertz CT molecular complexity index is 1470. The molecule has 0 aliphatic rings. The van der Waals surface area contributed by atoms with Crippen LogP contribution in [0, 0.1) is 22.7 Å². The zero-order valence-electron chi connectivity index (χ0n) is 19.0. The molecule has 11 heteroatoms. The number of aromatic nitrogens is 1. The normalized spacial score (nSPS) is 11.8. The van der Waals surface area contributed by atoms with Crippen LogP contribution >= 0.6 is 11.3 Å². The van der Waals surface area contributed by atoms with Crippen LogP contribution < -0.4 is 9.54 Å². The van der Waals surface area contributed by atoms with Crippen molar-refractivity contribution in [3.05, 3.63) is 65.5 Å². The van der Waals surface area contributed by atoms with Crippen LogP contribution in [-0.2, 0) is 16.6 Å². The first kappa shape index (κ1) is 25.8. The maximum atomic E-state index is 13.0. The lowest BCUT2D eigenvalue weighted by molar-refractivity contribution is 0.0997. The number of nitriles is 2. The first-order chi connectivity index (χ1) is 16.8. The maximum Gasteiger partial charge on any atom is 0.279 e. The van der Waals surface area contributed by atoms with Crippen molar-refractivity contribution < 1.29 is 17.9 Å². The third-order valence-corrected chi connectivity index (χ3v) is 8.04. The van der Waals surface area contributed by atoms with Crippen molar-refractivity contribution in [3.8, 4) is 17.9 Å². The number of hydrogen-bond donors (Lipinski definition) is 0. The third-order valence-electron chi connectivity index (χ3n) is 5.08. The highest BCUT2D eigenvalue weighted by Crippen LogP contribution is 2.23. The molecular weight excluding hydrogens is 486 g/mol. The lowest BCUT2D eigenvalue weighted by Crippen LogP contribution is -2.32. The molecule has 0 bridgehead atoms. The molecule has 0 saturated heterocycles. The van der Waals surface area contributed by atoms with E-state index in [0.29, 0.717) is 17.1 Å². The molecule has 9 nitrogen and oxygen atoms in total. The lowest BCUT2D eigenvalue weighted by Gasteiger charge is -2.20. The van der Waals surface area contributed by atoms with Crippen LogP contribution in [0.1, 0.15) is 23.2 Å². The van der Waals surface area contributed by atoms with Crippen molar-refractivity contribution in [2.24, 2.45) is 4.99 Å². The van der Waals surface area contributed by atoms with Gasteiger partial charge in [-0.3, -0.25) is 4.79 Å². The minimum absolute atomic E-state index is 0.00581. The highest BCUT2D eigenvalue weighted by molar-refractivity contribution is 7.89. The number of fused-ring (bicyclic) bond motifs is 1. The van der Waals surface area contributed by atoms with Gasteiger partial charge in [0.2, 0.25) is 10.0 Å². The standard InChI is InChI=1S/C24H23N5O4S2/c1-3-14-29-21-11-8-19(33-2)17-22(21)34-24(29)27-23(30)18-6-9-20(10-7-18)35(31,32)28(15-4-12-25)16-5-13-26/h3,6-11,17H,1,4-5,14-16H2,2H3. The van der Waals surface area contributed by atoms with E-state index in [2.05, 4.69) is 11.6 Å². The molecule has 1 heterocycles. The number of amides is 1. The summed E-state index contributed by atoms with van der Waals surface area (Å²) >= 11 is 1.34. The van der Waals surface area contributed by atoms with Gasteiger partial charge in [-0.2, -0.15) is 19.8 Å². The summed E-state index contributed by atoms with van der Waals surface area (Å²) in [6, 6.07) is 14.9. The Morgan fingerprint density at radius 3 is 2.40 bits per heavy atom. The van der Waals surface area contributed by atoms with Gasteiger partial charge in [-0.1, -0.05) is 17.4 Å². The van der Waals surface area contributed by atoms with E-state index in [1.165, 1.54) is 35.6 Å². The minimum atomic E-state index is -3.92. The van der Waals surface area contributed by atoms with E-state index in [4.69, 9.17) is 15.3 Å². The summed E-state index contributed by atoms with van der Waals surface area (Å²) in [5, 5.41) is 17.6. The number of nitrogens with zero attached hydrogens (tertiary/aromatic N) is 5. The zero-order valence-corrected chi connectivity index (χ0v) is 20.7. The highest BCUT2D eigenvalue weighted by atomic mass is 32.2. The third kappa shape index (κ3) is 5.84. The van der Waals surface area contributed by atoms with Gasteiger partial charge < -0.3 is 9.30 Å². The van der Waals surface area contributed by atoms with E-state index in [9.17, 15) is 13.2 Å². The summed E-state index contributed by atoms with van der Waals surface area (Å²) in [6.07, 6.45) is 1.72. The van der Waals surface area contributed by atoms with Crippen molar-refractivity contribution in [2.45, 2.75) is 24.3 Å². The van der Waals surface area contributed by atoms with Gasteiger partial charge in [0.15, 0.2) is 4.80 Å². The number of hydrogen-bond acceptors (Lipinski definition) is 7. The average Bonchev–Trinajstić information content (AvgIpc) is 3.20. The molecule has 3 aromatic rings. The molecule has 2 aromatic carbocycles. The molecule has 0 aliphatic carbocycles. The molecule has 0 N–H and O–H groups in total. The van der Waals surface area contributed by atoms with Gasteiger partial charge in [0.05, 0.1) is 34.4 Å². The van der Waals surface area contributed by atoms with Crippen LogP contribution in [0.5, 0.6) is 5.75 Å². The molecule has 0 saturated carbocycles. The number of allylic oxidation sites excluding steroid dienone is 1. The van der Waals surface area contributed by atoms with E-state index in [1.54, 1.807) is 13.2 Å². The number of benzene rings is 2.